The molecule has 0 radical (unpaired) electrons. The third-order valence-corrected chi connectivity index (χ3v) is 4.70. The van der Waals surface area contributed by atoms with Crippen LogP contribution in [-0.2, 0) is 22.6 Å². The second kappa shape index (κ2) is 10.1. The summed E-state index contributed by atoms with van der Waals surface area (Å²) in [6, 6.07) is 17.3. The average molecular weight is 409 g/mol. The number of hydrogen-bond acceptors (Lipinski definition) is 6. The lowest BCUT2D eigenvalue weighted by molar-refractivity contribution is -0.137. The van der Waals surface area contributed by atoms with Crippen LogP contribution < -0.4 is 10.1 Å². The maximum atomic E-state index is 12.0. The van der Waals surface area contributed by atoms with Gasteiger partial charge in [-0.2, -0.15) is 0 Å². The first-order chi connectivity index (χ1) is 14.1. The number of amides is 1. The van der Waals surface area contributed by atoms with Gasteiger partial charge in [-0.3, -0.25) is 14.9 Å². The number of hydrogen-bond donors (Lipinski definition) is 2. The highest BCUT2D eigenvalue weighted by Crippen LogP contribution is 2.17. The number of rotatable bonds is 9. The highest BCUT2D eigenvalue weighted by atomic mass is 32.1. The molecule has 0 saturated carbocycles. The molecule has 0 aliphatic rings. The standard InChI is InChI=1S/C21H19N3O4S/c25-18(22-21-24-23-19(29-21)12-13-20(26)27)11-8-15-6-9-17(10-7-15)28-14-16-4-2-1-3-5-16/h1-11H,12-14H2,(H,26,27)(H,22,24,25)/b11-8+. The highest BCUT2D eigenvalue weighted by Gasteiger charge is 2.08. The Morgan fingerprint density at radius 3 is 2.55 bits per heavy atom. The summed E-state index contributed by atoms with van der Waals surface area (Å²) in [5, 5.41) is 19.9. The number of carboxylic acid groups (broad SMARTS) is 1. The van der Waals surface area contributed by atoms with Gasteiger partial charge in [-0.05, 0) is 29.3 Å². The van der Waals surface area contributed by atoms with Gasteiger partial charge in [-0.15, -0.1) is 10.2 Å². The first kappa shape index (κ1) is 20.2. The molecule has 8 heteroatoms. The van der Waals surface area contributed by atoms with Gasteiger partial charge in [0.25, 0.3) is 0 Å². The molecule has 1 heterocycles. The molecule has 0 unspecified atom stereocenters. The van der Waals surface area contributed by atoms with Gasteiger partial charge in [0.15, 0.2) is 0 Å². The van der Waals surface area contributed by atoms with Crippen LogP contribution in [-0.4, -0.2) is 27.2 Å². The van der Waals surface area contributed by atoms with Crippen molar-refractivity contribution < 1.29 is 19.4 Å². The van der Waals surface area contributed by atoms with Crippen molar-refractivity contribution in [1.82, 2.24) is 10.2 Å². The van der Waals surface area contributed by atoms with Crippen molar-refractivity contribution in [3.05, 3.63) is 76.8 Å². The van der Waals surface area contributed by atoms with E-state index in [1.54, 1.807) is 6.08 Å². The van der Waals surface area contributed by atoms with Crippen molar-refractivity contribution >= 4 is 34.4 Å². The fraction of sp³-hybridized carbons (Fsp3) is 0.143. The van der Waals surface area contributed by atoms with Crippen LogP contribution in [0.1, 0.15) is 22.6 Å². The summed E-state index contributed by atoms with van der Waals surface area (Å²) < 4.78 is 5.73. The number of ether oxygens (including phenoxy) is 1. The third kappa shape index (κ3) is 6.86. The number of carboxylic acids is 1. The summed E-state index contributed by atoms with van der Waals surface area (Å²) in [6.07, 6.45) is 3.35. The molecule has 1 amide bonds. The van der Waals surface area contributed by atoms with Crippen LogP contribution in [0.3, 0.4) is 0 Å². The molecule has 2 aromatic carbocycles. The molecule has 148 valence electrons. The van der Waals surface area contributed by atoms with Gasteiger partial charge in [0.1, 0.15) is 17.4 Å². The maximum Gasteiger partial charge on any atom is 0.303 e. The normalized spacial score (nSPS) is 10.8. The van der Waals surface area contributed by atoms with Gasteiger partial charge in [-0.1, -0.05) is 53.8 Å². The number of aryl methyl sites for hydroxylation is 1. The minimum atomic E-state index is -0.898. The van der Waals surface area contributed by atoms with Crippen molar-refractivity contribution in [2.45, 2.75) is 19.4 Å². The Labute approximate surface area is 171 Å². The minimum Gasteiger partial charge on any atom is -0.489 e. The van der Waals surface area contributed by atoms with Gasteiger partial charge in [-0.25, -0.2) is 0 Å². The van der Waals surface area contributed by atoms with Crippen LogP contribution in [0.4, 0.5) is 5.13 Å². The molecule has 0 bridgehead atoms. The van der Waals surface area contributed by atoms with Crippen molar-refractivity contribution in [3.8, 4) is 5.75 Å². The van der Waals surface area contributed by atoms with Gasteiger partial charge >= 0.3 is 5.97 Å². The Morgan fingerprint density at radius 2 is 1.83 bits per heavy atom. The summed E-state index contributed by atoms with van der Waals surface area (Å²) in [4.78, 5) is 22.6. The number of anilines is 1. The molecule has 0 fully saturated rings. The zero-order valence-corrected chi connectivity index (χ0v) is 16.3. The molecule has 3 aromatic rings. The van der Waals surface area contributed by atoms with E-state index in [4.69, 9.17) is 9.84 Å². The lowest BCUT2D eigenvalue weighted by atomic mass is 10.2. The maximum absolute atomic E-state index is 12.0. The van der Waals surface area contributed by atoms with E-state index in [0.29, 0.717) is 16.7 Å². The molecule has 2 N–H and O–H groups in total. The van der Waals surface area contributed by atoms with Crippen molar-refractivity contribution in [2.24, 2.45) is 0 Å². The van der Waals surface area contributed by atoms with Crippen LogP contribution >= 0.6 is 11.3 Å². The molecule has 29 heavy (non-hydrogen) atoms. The largest absolute Gasteiger partial charge is 0.489 e. The van der Waals surface area contributed by atoms with Crippen LogP contribution in [0, 0.1) is 0 Å². The Bertz CT molecular complexity index is 985. The summed E-state index contributed by atoms with van der Waals surface area (Å²) in [5.74, 6) is -0.487. The highest BCUT2D eigenvalue weighted by molar-refractivity contribution is 7.15. The molecule has 0 aliphatic heterocycles. The number of nitrogens with one attached hydrogen (secondary N) is 1. The fourth-order valence-corrected chi connectivity index (χ4v) is 3.10. The van der Waals surface area contributed by atoms with E-state index in [2.05, 4.69) is 15.5 Å². The fourth-order valence-electron chi connectivity index (χ4n) is 2.35. The van der Waals surface area contributed by atoms with Crippen LogP contribution in [0.15, 0.2) is 60.7 Å². The van der Waals surface area contributed by atoms with Gasteiger partial charge in [0, 0.05) is 12.5 Å². The van der Waals surface area contributed by atoms with Gasteiger partial charge < -0.3 is 9.84 Å². The zero-order valence-electron chi connectivity index (χ0n) is 15.4. The van der Waals surface area contributed by atoms with Crippen molar-refractivity contribution in [1.29, 1.82) is 0 Å². The Balaban J connectivity index is 1.47. The molecule has 0 spiro atoms. The molecule has 3 rings (SSSR count). The van der Waals surface area contributed by atoms with E-state index in [1.807, 2.05) is 54.6 Å². The van der Waals surface area contributed by atoms with E-state index < -0.39 is 5.97 Å². The molecular weight excluding hydrogens is 390 g/mol. The minimum absolute atomic E-state index is 0.0203. The van der Waals surface area contributed by atoms with Crippen LogP contribution in [0.5, 0.6) is 5.75 Å². The number of aromatic nitrogens is 2. The molecule has 7 nitrogen and oxygen atoms in total. The van der Waals surface area contributed by atoms with Crippen molar-refractivity contribution in [2.75, 3.05) is 5.32 Å². The SMILES string of the molecule is O=C(O)CCc1nnc(NC(=O)/C=C/c2ccc(OCc3ccccc3)cc2)s1. The lowest BCUT2D eigenvalue weighted by Gasteiger charge is -2.06. The summed E-state index contributed by atoms with van der Waals surface area (Å²) in [7, 11) is 0. The van der Waals surface area contributed by atoms with E-state index in [0.717, 1.165) is 28.2 Å². The van der Waals surface area contributed by atoms with E-state index >= 15 is 0 Å². The zero-order chi connectivity index (χ0) is 20.5. The average Bonchev–Trinajstić information content (AvgIpc) is 3.18. The second-order valence-corrected chi connectivity index (χ2v) is 7.12. The number of nitrogens with zero attached hydrogens (tertiary/aromatic N) is 2. The Kier molecular flexibility index (Phi) is 7.07. The van der Waals surface area contributed by atoms with Crippen LogP contribution in [0.2, 0.25) is 0 Å². The predicted octanol–water partition coefficient (Wildman–Crippen LogP) is 3.79. The van der Waals surface area contributed by atoms with E-state index in [1.165, 1.54) is 6.08 Å². The van der Waals surface area contributed by atoms with E-state index in [-0.39, 0.29) is 18.7 Å². The number of carbonyl (C=O) groups is 2. The van der Waals surface area contributed by atoms with Crippen molar-refractivity contribution in [3.63, 3.8) is 0 Å². The Hall–Kier alpha value is -3.52. The first-order valence-electron chi connectivity index (χ1n) is 8.88. The predicted molar refractivity (Wildman–Crippen MR) is 111 cm³/mol. The van der Waals surface area contributed by atoms with Crippen LogP contribution in [0.25, 0.3) is 6.08 Å². The molecule has 0 aliphatic carbocycles. The number of aliphatic carboxylic acids is 1. The summed E-state index contributed by atoms with van der Waals surface area (Å²) in [6.45, 7) is 0.495. The summed E-state index contributed by atoms with van der Waals surface area (Å²) in [5.41, 5.74) is 1.95. The summed E-state index contributed by atoms with van der Waals surface area (Å²) >= 11 is 1.16. The van der Waals surface area contributed by atoms with E-state index in [9.17, 15) is 9.59 Å². The molecular formula is C21H19N3O4S. The first-order valence-corrected chi connectivity index (χ1v) is 9.70. The number of carbonyl (C=O) groups excluding carboxylic acids is 1. The third-order valence-electron chi connectivity index (χ3n) is 3.81. The van der Waals surface area contributed by atoms with Gasteiger partial charge in [0.2, 0.25) is 11.0 Å². The topological polar surface area (TPSA) is 101 Å². The molecule has 1 aromatic heterocycles. The quantitative estimate of drug-likeness (QED) is 0.522. The number of benzene rings is 2. The Morgan fingerprint density at radius 1 is 1.07 bits per heavy atom. The second-order valence-electron chi connectivity index (χ2n) is 6.06. The molecule has 0 saturated heterocycles. The monoisotopic (exact) mass is 409 g/mol. The lowest BCUT2D eigenvalue weighted by Crippen LogP contribution is -2.07. The smallest absolute Gasteiger partial charge is 0.303 e. The molecule has 0 atom stereocenters. The van der Waals surface area contributed by atoms with Gasteiger partial charge in [0.05, 0.1) is 6.42 Å².